The molecule has 0 spiro atoms. The molecule has 7 nitrogen and oxygen atoms in total. The van der Waals surface area contributed by atoms with Gasteiger partial charge < -0.3 is 4.74 Å². The van der Waals surface area contributed by atoms with E-state index in [9.17, 15) is 18.0 Å². The maximum Gasteiger partial charge on any atom is 0.435 e. The fraction of sp³-hybridized carbons (Fsp3) is 0.500. The highest BCUT2D eigenvalue weighted by atomic mass is 19.4. The molecule has 2 rings (SSSR count). The molecule has 1 aliphatic rings. The Morgan fingerprint density at radius 1 is 1.50 bits per heavy atom. The van der Waals surface area contributed by atoms with Crippen LogP contribution in [0.15, 0.2) is 23.5 Å². The molecule has 132 valence electrons. The number of rotatable bonds is 5. The van der Waals surface area contributed by atoms with Crippen LogP contribution in [0.4, 0.5) is 13.2 Å². The molecule has 2 unspecified atom stereocenters. The number of alkyl halides is 3. The van der Waals surface area contributed by atoms with Gasteiger partial charge in [0.15, 0.2) is 5.69 Å². The molecule has 1 N–H and O–H groups in total. The van der Waals surface area contributed by atoms with E-state index in [1.54, 1.807) is 6.92 Å². The number of halogens is 3. The number of aromatic nitrogens is 2. The molecule has 2 heterocycles. The number of aryl methyl sites for hydroxylation is 1. The minimum Gasteiger partial charge on any atom is -0.447 e. The second-order valence-corrected chi connectivity index (χ2v) is 5.29. The van der Waals surface area contributed by atoms with Gasteiger partial charge in [0, 0.05) is 31.4 Å². The molecule has 0 bridgehead atoms. The number of hydrogen-bond acceptors (Lipinski definition) is 5. The van der Waals surface area contributed by atoms with Gasteiger partial charge in [0.2, 0.25) is 18.0 Å². The lowest BCUT2D eigenvalue weighted by atomic mass is 10.1. The summed E-state index contributed by atoms with van der Waals surface area (Å²) in [6.07, 6.45) is -0.548. The van der Waals surface area contributed by atoms with Gasteiger partial charge >= 0.3 is 6.18 Å². The van der Waals surface area contributed by atoms with Crippen LogP contribution in [-0.2, 0) is 18.0 Å². The molecule has 0 radical (unpaired) electrons. The van der Waals surface area contributed by atoms with E-state index < -0.39 is 18.1 Å². The van der Waals surface area contributed by atoms with E-state index in [0.717, 1.165) is 10.7 Å². The summed E-state index contributed by atoms with van der Waals surface area (Å²) >= 11 is 0. The van der Waals surface area contributed by atoms with Gasteiger partial charge in [-0.25, -0.2) is 9.69 Å². The Balaban J connectivity index is 2.12. The van der Waals surface area contributed by atoms with Crippen molar-refractivity contribution in [3.63, 3.8) is 0 Å². The summed E-state index contributed by atoms with van der Waals surface area (Å²) in [7, 11) is 1.34. The summed E-state index contributed by atoms with van der Waals surface area (Å²) in [5.74, 6) is -0.546. The second kappa shape index (κ2) is 6.93. The van der Waals surface area contributed by atoms with Gasteiger partial charge in [-0.05, 0) is 6.42 Å². The standard InChI is InChI=1S/C14H18F3N5O2/c1-4-9(2)13(23)20-22-6-5-18-8-12(22)24-11-7-10(14(15,16)17)19-21(11)3/h5-9,12H,4H2,1-3H3,(H,20,23). The summed E-state index contributed by atoms with van der Waals surface area (Å²) in [5.41, 5.74) is 1.58. The molecule has 0 aliphatic carbocycles. The average molecular weight is 345 g/mol. The third-order valence-corrected chi connectivity index (χ3v) is 3.47. The van der Waals surface area contributed by atoms with Crippen LogP contribution >= 0.6 is 0 Å². The van der Waals surface area contributed by atoms with E-state index in [1.807, 2.05) is 6.92 Å². The molecule has 1 aliphatic heterocycles. The monoisotopic (exact) mass is 345 g/mol. The van der Waals surface area contributed by atoms with Crippen LogP contribution in [0.1, 0.15) is 26.0 Å². The van der Waals surface area contributed by atoms with Crippen molar-refractivity contribution in [2.75, 3.05) is 0 Å². The Bertz CT molecular complexity index is 653. The van der Waals surface area contributed by atoms with Crippen LogP contribution < -0.4 is 10.2 Å². The minimum atomic E-state index is -4.57. The van der Waals surface area contributed by atoms with Crippen molar-refractivity contribution in [3.8, 4) is 5.88 Å². The number of amides is 1. The molecule has 1 aromatic rings. The zero-order chi connectivity index (χ0) is 17.9. The van der Waals surface area contributed by atoms with Gasteiger partial charge in [-0.3, -0.25) is 15.2 Å². The van der Waals surface area contributed by atoms with Crippen molar-refractivity contribution < 1.29 is 22.7 Å². The van der Waals surface area contributed by atoms with E-state index in [0.29, 0.717) is 6.42 Å². The highest BCUT2D eigenvalue weighted by Gasteiger charge is 2.35. The number of nitrogens with one attached hydrogen (secondary N) is 1. The fourth-order valence-electron chi connectivity index (χ4n) is 1.82. The highest BCUT2D eigenvalue weighted by Crippen LogP contribution is 2.30. The third kappa shape index (κ3) is 4.06. The van der Waals surface area contributed by atoms with E-state index >= 15 is 0 Å². The summed E-state index contributed by atoms with van der Waals surface area (Å²) < 4.78 is 44.6. The molecular weight excluding hydrogens is 327 g/mol. The minimum absolute atomic E-state index is 0.100. The normalized spacial score (nSPS) is 18.6. The van der Waals surface area contributed by atoms with Gasteiger partial charge in [0.1, 0.15) is 0 Å². The Labute approximate surface area is 136 Å². The number of nitrogens with zero attached hydrogens (tertiary/aromatic N) is 4. The fourth-order valence-corrected chi connectivity index (χ4v) is 1.82. The van der Waals surface area contributed by atoms with Gasteiger partial charge in [-0.1, -0.05) is 13.8 Å². The number of ether oxygens (including phenoxy) is 1. The molecule has 0 saturated heterocycles. The second-order valence-electron chi connectivity index (χ2n) is 5.29. The summed E-state index contributed by atoms with van der Waals surface area (Å²) in [6.45, 7) is 3.64. The summed E-state index contributed by atoms with van der Waals surface area (Å²) in [4.78, 5) is 15.9. The molecule has 2 atom stereocenters. The van der Waals surface area contributed by atoms with Crippen LogP contribution in [0.3, 0.4) is 0 Å². The summed E-state index contributed by atoms with van der Waals surface area (Å²) in [5, 5.41) is 4.71. The number of aliphatic imine (C=N–C) groups is 1. The zero-order valence-corrected chi connectivity index (χ0v) is 13.4. The van der Waals surface area contributed by atoms with E-state index in [1.165, 1.54) is 30.7 Å². The smallest absolute Gasteiger partial charge is 0.435 e. The molecular formula is C14H18F3N5O2. The molecule has 0 aromatic carbocycles. The van der Waals surface area contributed by atoms with Crippen LogP contribution in [0.5, 0.6) is 5.88 Å². The van der Waals surface area contributed by atoms with Gasteiger partial charge in [0.25, 0.3) is 0 Å². The molecule has 1 aromatic heterocycles. The molecule has 0 saturated carbocycles. The van der Waals surface area contributed by atoms with E-state index in [-0.39, 0.29) is 17.7 Å². The SMILES string of the molecule is CCC(C)C(=O)NN1C=CN=CC1Oc1cc(C(F)(F)F)nn1C. The molecule has 0 fully saturated rings. The Morgan fingerprint density at radius 3 is 2.79 bits per heavy atom. The van der Waals surface area contributed by atoms with Crippen molar-refractivity contribution in [1.29, 1.82) is 0 Å². The lowest BCUT2D eigenvalue weighted by Gasteiger charge is -2.30. The van der Waals surface area contributed by atoms with Crippen molar-refractivity contribution in [2.24, 2.45) is 18.0 Å². The van der Waals surface area contributed by atoms with Crippen LogP contribution in [0.2, 0.25) is 0 Å². The first-order chi connectivity index (χ1) is 11.2. The Morgan fingerprint density at radius 2 is 2.21 bits per heavy atom. The highest BCUT2D eigenvalue weighted by molar-refractivity contribution is 5.78. The third-order valence-electron chi connectivity index (χ3n) is 3.47. The van der Waals surface area contributed by atoms with Crippen molar-refractivity contribution >= 4 is 12.1 Å². The van der Waals surface area contributed by atoms with Crippen LogP contribution in [-0.4, -0.2) is 33.1 Å². The average Bonchev–Trinajstić information content (AvgIpc) is 2.89. The van der Waals surface area contributed by atoms with Crippen molar-refractivity contribution in [1.82, 2.24) is 20.2 Å². The predicted octanol–water partition coefficient (Wildman–Crippen LogP) is 2.08. The van der Waals surface area contributed by atoms with Crippen molar-refractivity contribution in [3.05, 3.63) is 24.2 Å². The largest absolute Gasteiger partial charge is 0.447 e. The van der Waals surface area contributed by atoms with Gasteiger partial charge in [0.05, 0.1) is 6.21 Å². The Kier molecular flexibility index (Phi) is 5.15. The van der Waals surface area contributed by atoms with Gasteiger partial charge in [-0.15, -0.1) is 0 Å². The van der Waals surface area contributed by atoms with Gasteiger partial charge in [-0.2, -0.15) is 18.3 Å². The first-order valence-corrected chi connectivity index (χ1v) is 7.29. The van der Waals surface area contributed by atoms with Crippen molar-refractivity contribution in [2.45, 2.75) is 32.7 Å². The van der Waals surface area contributed by atoms with Crippen LogP contribution in [0, 0.1) is 5.92 Å². The molecule has 10 heteroatoms. The first kappa shape index (κ1) is 17.8. The number of carbonyl (C=O) groups is 1. The number of hydrogen-bond donors (Lipinski definition) is 1. The lowest BCUT2D eigenvalue weighted by Crippen LogP contribution is -2.50. The summed E-state index contributed by atoms with van der Waals surface area (Å²) in [6, 6.07) is 0.792. The maximum absolute atomic E-state index is 12.7. The zero-order valence-electron chi connectivity index (χ0n) is 13.4. The lowest BCUT2D eigenvalue weighted by molar-refractivity contribution is -0.141. The Hall–Kier alpha value is -2.52. The maximum atomic E-state index is 12.7. The van der Waals surface area contributed by atoms with E-state index in [2.05, 4.69) is 15.5 Å². The molecule has 24 heavy (non-hydrogen) atoms. The predicted molar refractivity (Wildman–Crippen MR) is 79.7 cm³/mol. The molecule has 1 amide bonds. The van der Waals surface area contributed by atoms with E-state index in [4.69, 9.17) is 4.74 Å². The topological polar surface area (TPSA) is 71.8 Å². The quantitative estimate of drug-likeness (QED) is 0.887. The number of carbonyl (C=O) groups excluding carboxylic acids is 1. The first-order valence-electron chi connectivity index (χ1n) is 7.29. The number of hydrazine groups is 1. The van der Waals surface area contributed by atoms with Crippen LogP contribution in [0.25, 0.3) is 0 Å².